The number of carbonyl (C=O) groups is 1. The Bertz CT molecular complexity index is 345. The van der Waals surface area contributed by atoms with E-state index in [1.165, 1.54) is 11.0 Å². The molecule has 1 aliphatic carbocycles. The van der Waals surface area contributed by atoms with Crippen molar-refractivity contribution in [1.29, 1.82) is 0 Å². The van der Waals surface area contributed by atoms with Crippen LogP contribution in [0.25, 0.3) is 0 Å². The third-order valence-corrected chi connectivity index (χ3v) is 2.85. The van der Waals surface area contributed by atoms with Crippen molar-refractivity contribution in [1.82, 2.24) is 25.5 Å². The van der Waals surface area contributed by atoms with Crippen LogP contribution in [0, 0.1) is 0 Å². The first-order valence-corrected chi connectivity index (χ1v) is 5.38. The zero-order valence-corrected chi connectivity index (χ0v) is 8.96. The fourth-order valence-electron chi connectivity index (χ4n) is 1.93. The van der Waals surface area contributed by atoms with Gasteiger partial charge in [-0.3, -0.25) is 4.79 Å². The Kier molecular flexibility index (Phi) is 3.14. The quantitative estimate of drug-likeness (QED) is 0.692. The number of tetrazole rings is 1. The number of rotatable bonds is 4. The molecule has 7 heteroatoms. The highest BCUT2D eigenvalue weighted by molar-refractivity contribution is 5.75. The molecule has 16 heavy (non-hydrogen) atoms. The third-order valence-electron chi connectivity index (χ3n) is 2.85. The van der Waals surface area contributed by atoms with E-state index >= 15 is 0 Å². The van der Waals surface area contributed by atoms with Crippen LogP contribution in [0.15, 0.2) is 6.33 Å². The minimum atomic E-state index is -0.712. The van der Waals surface area contributed by atoms with Crippen molar-refractivity contribution in [3.05, 3.63) is 6.33 Å². The molecule has 2 rings (SSSR count). The second-order valence-electron chi connectivity index (χ2n) is 4.22. The van der Waals surface area contributed by atoms with Crippen molar-refractivity contribution in [2.24, 2.45) is 0 Å². The molecule has 0 saturated heterocycles. The number of amides is 1. The molecule has 0 bridgehead atoms. The number of aliphatic hydroxyl groups is 1. The van der Waals surface area contributed by atoms with Crippen LogP contribution < -0.4 is 5.32 Å². The maximum Gasteiger partial charge on any atom is 0.241 e. The summed E-state index contributed by atoms with van der Waals surface area (Å²) in [6, 6.07) is 0. The van der Waals surface area contributed by atoms with Gasteiger partial charge in [-0.15, -0.1) is 5.10 Å². The van der Waals surface area contributed by atoms with Crippen LogP contribution in [0.1, 0.15) is 25.7 Å². The van der Waals surface area contributed by atoms with Gasteiger partial charge in [-0.1, -0.05) is 12.8 Å². The SMILES string of the molecule is O=C(Cn1cnnn1)NCC1(O)CCCC1. The van der Waals surface area contributed by atoms with E-state index in [2.05, 4.69) is 20.8 Å². The molecule has 1 fully saturated rings. The summed E-state index contributed by atoms with van der Waals surface area (Å²) in [5.74, 6) is -0.187. The van der Waals surface area contributed by atoms with Gasteiger partial charge in [0.15, 0.2) is 0 Å². The lowest BCUT2D eigenvalue weighted by atomic mass is 10.0. The summed E-state index contributed by atoms with van der Waals surface area (Å²) in [6.07, 6.45) is 4.96. The Morgan fingerprint density at radius 1 is 1.50 bits per heavy atom. The molecular formula is C9H15N5O2. The van der Waals surface area contributed by atoms with Crippen molar-refractivity contribution in [3.8, 4) is 0 Å². The summed E-state index contributed by atoms with van der Waals surface area (Å²) in [5, 5.41) is 23.1. The molecule has 0 aliphatic heterocycles. The zero-order valence-electron chi connectivity index (χ0n) is 8.96. The predicted molar refractivity (Wildman–Crippen MR) is 54.2 cm³/mol. The first kappa shape index (κ1) is 11.0. The molecule has 88 valence electrons. The van der Waals surface area contributed by atoms with E-state index < -0.39 is 5.60 Å². The van der Waals surface area contributed by atoms with Crippen LogP contribution in [0.3, 0.4) is 0 Å². The molecule has 1 aromatic rings. The highest BCUT2D eigenvalue weighted by Gasteiger charge is 2.31. The standard InChI is InChI=1S/C9H15N5O2/c15-8(5-14-7-11-12-13-14)10-6-9(16)3-1-2-4-9/h7,16H,1-6H2,(H,10,15). The topological polar surface area (TPSA) is 92.9 Å². The number of hydrogen-bond acceptors (Lipinski definition) is 5. The van der Waals surface area contributed by atoms with Crippen molar-refractivity contribution in [2.75, 3.05) is 6.54 Å². The first-order valence-electron chi connectivity index (χ1n) is 5.38. The van der Waals surface area contributed by atoms with Crippen LogP contribution in [-0.2, 0) is 11.3 Å². The molecule has 0 atom stereocenters. The van der Waals surface area contributed by atoms with Gasteiger partial charge in [0, 0.05) is 6.54 Å². The van der Waals surface area contributed by atoms with Crippen molar-refractivity contribution < 1.29 is 9.90 Å². The average molecular weight is 225 g/mol. The van der Waals surface area contributed by atoms with Gasteiger partial charge in [0.2, 0.25) is 5.91 Å². The number of hydrogen-bond donors (Lipinski definition) is 2. The van der Waals surface area contributed by atoms with E-state index in [-0.39, 0.29) is 12.5 Å². The van der Waals surface area contributed by atoms with Gasteiger partial charge in [-0.2, -0.15) is 0 Å². The number of aromatic nitrogens is 4. The predicted octanol–water partition coefficient (Wildman–Crippen LogP) is -0.906. The molecule has 1 saturated carbocycles. The highest BCUT2D eigenvalue weighted by atomic mass is 16.3. The summed E-state index contributed by atoms with van der Waals surface area (Å²) in [7, 11) is 0. The monoisotopic (exact) mass is 225 g/mol. The highest BCUT2D eigenvalue weighted by Crippen LogP contribution is 2.28. The molecule has 1 heterocycles. The molecule has 2 N–H and O–H groups in total. The molecular weight excluding hydrogens is 210 g/mol. The van der Waals surface area contributed by atoms with Gasteiger partial charge >= 0.3 is 0 Å². The Hall–Kier alpha value is -1.50. The molecule has 0 unspecified atom stereocenters. The number of carbonyl (C=O) groups excluding carboxylic acids is 1. The van der Waals surface area contributed by atoms with Crippen LogP contribution in [0.5, 0.6) is 0 Å². The smallest absolute Gasteiger partial charge is 0.241 e. The third kappa shape index (κ3) is 2.75. The van der Waals surface area contributed by atoms with E-state index in [4.69, 9.17) is 0 Å². The van der Waals surface area contributed by atoms with Gasteiger partial charge in [0.25, 0.3) is 0 Å². The second-order valence-corrected chi connectivity index (χ2v) is 4.22. The van der Waals surface area contributed by atoms with Gasteiger partial charge in [-0.25, -0.2) is 4.68 Å². The van der Waals surface area contributed by atoms with E-state index in [1.54, 1.807) is 0 Å². The summed E-state index contributed by atoms with van der Waals surface area (Å²) in [5.41, 5.74) is -0.712. The summed E-state index contributed by atoms with van der Waals surface area (Å²) in [6.45, 7) is 0.400. The van der Waals surface area contributed by atoms with Crippen molar-refractivity contribution in [3.63, 3.8) is 0 Å². The normalized spacial score (nSPS) is 18.6. The molecule has 0 spiro atoms. The maximum absolute atomic E-state index is 11.5. The van der Waals surface area contributed by atoms with E-state index in [9.17, 15) is 9.90 Å². The lowest BCUT2D eigenvalue weighted by molar-refractivity contribution is -0.123. The van der Waals surface area contributed by atoms with E-state index in [1.807, 2.05) is 0 Å². The Balaban J connectivity index is 1.75. The van der Waals surface area contributed by atoms with E-state index in [0.29, 0.717) is 6.54 Å². The van der Waals surface area contributed by atoms with Crippen molar-refractivity contribution >= 4 is 5.91 Å². The zero-order chi connectivity index (χ0) is 11.4. The molecule has 0 aromatic carbocycles. The minimum absolute atomic E-state index is 0.0864. The fourth-order valence-corrected chi connectivity index (χ4v) is 1.93. The second kappa shape index (κ2) is 4.56. The number of nitrogens with one attached hydrogen (secondary N) is 1. The Labute approximate surface area is 92.8 Å². The lowest BCUT2D eigenvalue weighted by Crippen LogP contribution is -2.41. The first-order chi connectivity index (χ1) is 7.68. The largest absolute Gasteiger partial charge is 0.388 e. The summed E-state index contributed by atoms with van der Waals surface area (Å²) in [4.78, 5) is 11.5. The van der Waals surface area contributed by atoms with Crippen LogP contribution >= 0.6 is 0 Å². The number of nitrogens with zero attached hydrogens (tertiary/aromatic N) is 4. The summed E-state index contributed by atoms with van der Waals surface area (Å²) < 4.78 is 1.34. The van der Waals surface area contributed by atoms with Crippen LogP contribution in [-0.4, -0.2) is 43.4 Å². The van der Waals surface area contributed by atoms with Crippen molar-refractivity contribution in [2.45, 2.75) is 37.8 Å². The van der Waals surface area contributed by atoms with E-state index in [0.717, 1.165) is 25.7 Å². The molecule has 1 amide bonds. The Morgan fingerprint density at radius 3 is 2.88 bits per heavy atom. The molecule has 7 nitrogen and oxygen atoms in total. The lowest BCUT2D eigenvalue weighted by Gasteiger charge is -2.22. The Morgan fingerprint density at radius 2 is 2.25 bits per heavy atom. The van der Waals surface area contributed by atoms with Gasteiger partial charge in [-0.05, 0) is 23.3 Å². The summed E-state index contributed by atoms with van der Waals surface area (Å²) >= 11 is 0. The average Bonchev–Trinajstić information content (AvgIpc) is 2.88. The molecule has 0 radical (unpaired) electrons. The molecule has 1 aliphatic rings. The van der Waals surface area contributed by atoms with Gasteiger partial charge in [0.05, 0.1) is 5.60 Å². The van der Waals surface area contributed by atoms with Crippen LogP contribution in [0.4, 0.5) is 0 Å². The van der Waals surface area contributed by atoms with Crippen LogP contribution in [0.2, 0.25) is 0 Å². The van der Waals surface area contributed by atoms with Gasteiger partial charge < -0.3 is 10.4 Å². The molecule has 1 aromatic heterocycles. The maximum atomic E-state index is 11.5. The minimum Gasteiger partial charge on any atom is -0.388 e. The fraction of sp³-hybridized carbons (Fsp3) is 0.778. The van der Waals surface area contributed by atoms with Gasteiger partial charge in [0.1, 0.15) is 12.9 Å².